The normalized spacial score (nSPS) is 19.7. The van der Waals surface area contributed by atoms with Gasteiger partial charge in [-0.05, 0) is 38.2 Å². The lowest BCUT2D eigenvalue weighted by molar-refractivity contribution is -0.131. The SMILES string of the molecule is CCC(N)(CC)C(=O)CC1C(NC(CC)(CC)C(C)=O)CC(=O)N1Cc1ccccc1. The van der Waals surface area contributed by atoms with Gasteiger partial charge in [0.1, 0.15) is 5.78 Å². The Labute approximate surface area is 186 Å². The summed E-state index contributed by atoms with van der Waals surface area (Å²) in [4.78, 5) is 40.6. The Balaban J connectivity index is 2.37. The molecule has 0 bridgehead atoms. The maximum absolute atomic E-state index is 13.2. The van der Waals surface area contributed by atoms with Crippen LogP contribution in [0.4, 0.5) is 0 Å². The first-order valence-electron chi connectivity index (χ1n) is 11.6. The third-order valence-corrected chi connectivity index (χ3v) is 7.33. The molecule has 2 rings (SSSR count). The van der Waals surface area contributed by atoms with Gasteiger partial charge in [-0.2, -0.15) is 0 Å². The minimum absolute atomic E-state index is 0.000528. The van der Waals surface area contributed by atoms with Crippen LogP contribution in [0.25, 0.3) is 0 Å². The van der Waals surface area contributed by atoms with Crippen molar-refractivity contribution < 1.29 is 14.4 Å². The zero-order chi connectivity index (χ0) is 23.2. The van der Waals surface area contributed by atoms with E-state index in [0.29, 0.717) is 32.2 Å². The van der Waals surface area contributed by atoms with Crippen LogP contribution in [0.2, 0.25) is 0 Å². The highest BCUT2D eigenvalue weighted by Crippen LogP contribution is 2.30. The molecule has 1 aromatic rings. The van der Waals surface area contributed by atoms with Crippen LogP contribution in [-0.2, 0) is 20.9 Å². The van der Waals surface area contributed by atoms with Crippen molar-refractivity contribution in [3.05, 3.63) is 35.9 Å². The molecule has 1 fully saturated rings. The molecule has 172 valence electrons. The van der Waals surface area contributed by atoms with Crippen LogP contribution >= 0.6 is 0 Å². The lowest BCUT2D eigenvalue weighted by atomic mass is 9.83. The zero-order valence-corrected chi connectivity index (χ0v) is 19.7. The van der Waals surface area contributed by atoms with E-state index in [1.165, 1.54) is 0 Å². The Morgan fingerprint density at radius 3 is 2.13 bits per heavy atom. The second kappa shape index (κ2) is 10.5. The van der Waals surface area contributed by atoms with Crippen molar-refractivity contribution in [2.75, 3.05) is 0 Å². The van der Waals surface area contributed by atoms with Crippen LogP contribution in [0.15, 0.2) is 30.3 Å². The van der Waals surface area contributed by atoms with Crippen LogP contribution < -0.4 is 11.1 Å². The Kier molecular flexibility index (Phi) is 8.55. The minimum Gasteiger partial charge on any atom is -0.333 e. The summed E-state index contributed by atoms with van der Waals surface area (Å²) >= 11 is 0. The molecule has 3 N–H and O–H groups in total. The number of nitrogens with two attached hydrogens (primary N) is 1. The van der Waals surface area contributed by atoms with E-state index in [4.69, 9.17) is 5.73 Å². The third-order valence-electron chi connectivity index (χ3n) is 7.33. The summed E-state index contributed by atoms with van der Waals surface area (Å²) in [6.45, 7) is 9.85. The largest absolute Gasteiger partial charge is 0.333 e. The Morgan fingerprint density at radius 1 is 1.06 bits per heavy atom. The number of carbonyl (C=O) groups excluding carboxylic acids is 3. The van der Waals surface area contributed by atoms with E-state index in [-0.39, 0.29) is 42.4 Å². The summed E-state index contributed by atoms with van der Waals surface area (Å²) in [5, 5.41) is 3.51. The molecule has 0 spiro atoms. The van der Waals surface area contributed by atoms with Crippen LogP contribution in [0.1, 0.15) is 78.7 Å². The number of nitrogens with one attached hydrogen (secondary N) is 1. The van der Waals surface area contributed by atoms with Crippen LogP contribution in [0.3, 0.4) is 0 Å². The highest BCUT2D eigenvalue weighted by Gasteiger charge is 2.46. The number of carbonyl (C=O) groups is 3. The highest BCUT2D eigenvalue weighted by molar-refractivity contribution is 5.90. The summed E-state index contributed by atoms with van der Waals surface area (Å²) in [6, 6.07) is 9.18. The molecule has 0 saturated carbocycles. The molecule has 1 saturated heterocycles. The summed E-state index contributed by atoms with van der Waals surface area (Å²) in [6.07, 6.45) is 2.84. The van der Waals surface area contributed by atoms with Gasteiger partial charge in [-0.1, -0.05) is 58.0 Å². The average molecular weight is 430 g/mol. The van der Waals surface area contributed by atoms with Crippen molar-refractivity contribution in [3.63, 3.8) is 0 Å². The second-order valence-corrected chi connectivity index (χ2v) is 8.87. The van der Waals surface area contributed by atoms with Gasteiger partial charge >= 0.3 is 0 Å². The number of hydrogen-bond donors (Lipinski definition) is 2. The number of rotatable bonds is 12. The number of nitrogens with zero attached hydrogens (tertiary/aromatic N) is 1. The summed E-state index contributed by atoms with van der Waals surface area (Å²) in [5.74, 6) is 0.0368. The van der Waals surface area contributed by atoms with Crippen LogP contribution in [0.5, 0.6) is 0 Å². The first kappa shape index (κ1) is 25.2. The molecule has 0 aliphatic carbocycles. The molecule has 2 atom stereocenters. The van der Waals surface area contributed by atoms with Gasteiger partial charge in [0.05, 0.1) is 17.1 Å². The summed E-state index contributed by atoms with van der Waals surface area (Å²) in [7, 11) is 0. The lowest BCUT2D eigenvalue weighted by Gasteiger charge is -2.38. The van der Waals surface area contributed by atoms with Crippen molar-refractivity contribution in [2.45, 2.75) is 103 Å². The van der Waals surface area contributed by atoms with E-state index in [2.05, 4.69) is 5.32 Å². The topological polar surface area (TPSA) is 92.5 Å². The van der Waals surface area contributed by atoms with E-state index in [1.54, 1.807) is 11.8 Å². The predicted molar refractivity (Wildman–Crippen MR) is 123 cm³/mol. The number of Topliss-reactive ketones (excluding diaryl/α,β-unsaturated/α-hetero) is 2. The fraction of sp³-hybridized carbons (Fsp3) is 0.640. The van der Waals surface area contributed by atoms with E-state index in [1.807, 2.05) is 58.0 Å². The van der Waals surface area contributed by atoms with E-state index < -0.39 is 11.1 Å². The number of benzene rings is 1. The van der Waals surface area contributed by atoms with Gasteiger partial charge in [-0.25, -0.2) is 0 Å². The highest BCUT2D eigenvalue weighted by atomic mass is 16.2. The first-order valence-corrected chi connectivity index (χ1v) is 11.6. The predicted octanol–water partition coefficient (Wildman–Crippen LogP) is 3.37. The van der Waals surface area contributed by atoms with Gasteiger partial charge in [0, 0.05) is 25.4 Å². The van der Waals surface area contributed by atoms with Crippen molar-refractivity contribution in [1.82, 2.24) is 10.2 Å². The molecule has 1 amide bonds. The van der Waals surface area contributed by atoms with E-state index in [9.17, 15) is 14.4 Å². The van der Waals surface area contributed by atoms with Gasteiger partial charge in [0.25, 0.3) is 0 Å². The molecular formula is C25H39N3O3. The van der Waals surface area contributed by atoms with E-state index in [0.717, 1.165) is 5.56 Å². The quantitative estimate of drug-likeness (QED) is 0.531. The van der Waals surface area contributed by atoms with Crippen molar-refractivity contribution >= 4 is 17.5 Å². The number of likely N-dealkylation sites (tertiary alicyclic amines) is 1. The van der Waals surface area contributed by atoms with Gasteiger partial charge in [-0.15, -0.1) is 0 Å². The number of amides is 1. The van der Waals surface area contributed by atoms with Gasteiger partial charge < -0.3 is 10.6 Å². The smallest absolute Gasteiger partial charge is 0.224 e. The van der Waals surface area contributed by atoms with E-state index >= 15 is 0 Å². The van der Waals surface area contributed by atoms with Crippen molar-refractivity contribution in [3.8, 4) is 0 Å². The molecule has 0 radical (unpaired) electrons. The molecular weight excluding hydrogens is 390 g/mol. The van der Waals surface area contributed by atoms with Gasteiger partial charge in [-0.3, -0.25) is 19.7 Å². The Morgan fingerprint density at radius 2 is 1.65 bits per heavy atom. The standard InChI is InChI=1S/C25H39N3O3/c1-6-24(26,7-2)22(30)16-21-20(27-25(8-3,9-4)18(5)29)15-23(31)28(21)17-19-13-11-10-12-14-19/h10-14,20-21,27H,6-9,15-17,26H2,1-5H3. The Bertz CT molecular complexity index is 769. The number of ketones is 2. The van der Waals surface area contributed by atoms with Crippen molar-refractivity contribution in [2.24, 2.45) is 5.73 Å². The second-order valence-electron chi connectivity index (χ2n) is 8.87. The van der Waals surface area contributed by atoms with Crippen LogP contribution in [-0.4, -0.2) is 45.5 Å². The van der Waals surface area contributed by atoms with Crippen LogP contribution in [0, 0.1) is 0 Å². The number of hydrogen-bond acceptors (Lipinski definition) is 5. The molecule has 2 unspecified atom stereocenters. The summed E-state index contributed by atoms with van der Waals surface area (Å²) < 4.78 is 0. The molecule has 6 nitrogen and oxygen atoms in total. The molecule has 6 heteroatoms. The molecule has 1 heterocycles. The third kappa shape index (κ3) is 5.42. The molecule has 1 aliphatic rings. The molecule has 0 aromatic heterocycles. The first-order chi connectivity index (χ1) is 14.7. The fourth-order valence-corrected chi connectivity index (χ4v) is 4.67. The minimum atomic E-state index is -0.887. The maximum atomic E-state index is 13.2. The van der Waals surface area contributed by atoms with Gasteiger partial charge in [0.15, 0.2) is 5.78 Å². The van der Waals surface area contributed by atoms with Gasteiger partial charge in [0.2, 0.25) is 5.91 Å². The lowest BCUT2D eigenvalue weighted by Crippen LogP contribution is -2.58. The molecule has 31 heavy (non-hydrogen) atoms. The molecule has 1 aromatic carbocycles. The average Bonchev–Trinajstić information content (AvgIpc) is 3.05. The van der Waals surface area contributed by atoms with Crippen molar-refractivity contribution in [1.29, 1.82) is 0 Å². The maximum Gasteiger partial charge on any atom is 0.224 e. The fourth-order valence-electron chi connectivity index (χ4n) is 4.67. The summed E-state index contributed by atoms with van der Waals surface area (Å²) in [5.41, 5.74) is 5.84. The Hall–Kier alpha value is -2.05. The molecule has 1 aliphatic heterocycles. The monoisotopic (exact) mass is 429 g/mol. The zero-order valence-electron chi connectivity index (χ0n) is 19.7.